The maximum atomic E-state index is 8.80. The lowest BCUT2D eigenvalue weighted by atomic mass is 10.2. The highest BCUT2D eigenvalue weighted by Gasteiger charge is 2.11. The molecular formula is C9H16N4S. The van der Waals surface area contributed by atoms with E-state index in [0.717, 1.165) is 19.5 Å². The highest BCUT2D eigenvalue weighted by Crippen LogP contribution is 2.05. The van der Waals surface area contributed by atoms with Crippen LogP contribution in [0.5, 0.6) is 0 Å². The zero-order valence-corrected chi connectivity index (χ0v) is 9.40. The van der Waals surface area contributed by atoms with Gasteiger partial charge in [-0.2, -0.15) is 5.26 Å². The Kier molecular flexibility index (Phi) is 5.65. The molecule has 4 N–H and O–H groups in total. The lowest BCUT2D eigenvalue weighted by Crippen LogP contribution is -2.32. The van der Waals surface area contributed by atoms with Crippen molar-refractivity contribution in [1.82, 2.24) is 4.90 Å². The van der Waals surface area contributed by atoms with E-state index in [-0.39, 0.29) is 10.6 Å². The van der Waals surface area contributed by atoms with Crippen LogP contribution in [-0.4, -0.2) is 23.0 Å². The van der Waals surface area contributed by atoms with E-state index in [4.69, 9.17) is 28.9 Å². The molecule has 0 aliphatic heterocycles. The van der Waals surface area contributed by atoms with Gasteiger partial charge < -0.3 is 16.4 Å². The molecule has 0 aromatic rings. The van der Waals surface area contributed by atoms with E-state index in [1.807, 2.05) is 24.8 Å². The van der Waals surface area contributed by atoms with Gasteiger partial charge in [0.05, 0.1) is 0 Å². The Morgan fingerprint density at radius 2 is 2.00 bits per heavy atom. The van der Waals surface area contributed by atoms with Crippen molar-refractivity contribution in [3.8, 4) is 6.07 Å². The quantitative estimate of drug-likeness (QED) is 0.398. The van der Waals surface area contributed by atoms with Crippen LogP contribution < -0.4 is 11.5 Å². The van der Waals surface area contributed by atoms with Gasteiger partial charge in [-0.3, -0.25) is 0 Å². The third-order valence-electron chi connectivity index (χ3n) is 1.83. The van der Waals surface area contributed by atoms with Gasteiger partial charge >= 0.3 is 0 Å². The average molecular weight is 212 g/mol. The first-order valence-electron chi connectivity index (χ1n) is 4.53. The van der Waals surface area contributed by atoms with Crippen LogP contribution in [0.1, 0.15) is 20.3 Å². The topological polar surface area (TPSA) is 79.1 Å². The first kappa shape index (κ1) is 12.7. The second-order valence-corrected chi connectivity index (χ2v) is 3.26. The van der Waals surface area contributed by atoms with Crippen LogP contribution in [0.2, 0.25) is 0 Å². The number of nitrogens with two attached hydrogens (primary N) is 2. The minimum atomic E-state index is 0.0551. The van der Waals surface area contributed by atoms with Crippen molar-refractivity contribution in [3.05, 3.63) is 11.4 Å². The van der Waals surface area contributed by atoms with Crippen LogP contribution in [0.15, 0.2) is 11.4 Å². The molecular weight excluding hydrogens is 196 g/mol. The Morgan fingerprint density at radius 3 is 2.29 bits per heavy atom. The first-order valence-corrected chi connectivity index (χ1v) is 4.93. The highest BCUT2D eigenvalue weighted by molar-refractivity contribution is 7.80. The summed E-state index contributed by atoms with van der Waals surface area (Å²) in [7, 11) is 0. The lowest BCUT2D eigenvalue weighted by molar-refractivity contribution is 0.357. The molecule has 0 heterocycles. The second-order valence-electron chi connectivity index (χ2n) is 2.82. The van der Waals surface area contributed by atoms with Gasteiger partial charge in [-0.05, 0) is 13.3 Å². The first-order chi connectivity index (χ1) is 6.58. The summed E-state index contributed by atoms with van der Waals surface area (Å²) >= 11 is 4.73. The standard InChI is InChI=1S/C9H16N4S/c1-3-5-13(4-2)8(11)7(6-10)9(12)14/h3-5,11H2,1-2H3,(H2,12,14)/b8-7+. The number of hydrogen-bond donors (Lipinski definition) is 2. The van der Waals surface area contributed by atoms with Crippen molar-refractivity contribution in [2.75, 3.05) is 13.1 Å². The van der Waals surface area contributed by atoms with Crippen LogP contribution in [0.3, 0.4) is 0 Å². The molecule has 0 bridgehead atoms. The molecule has 78 valence electrons. The zero-order valence-electron chi connectivity index (χ0n) is 8.58. The second kappa shape index (κ2) is 6.22. The Balaban J connectivity index is 4.92. The minimum Gasteiger partial charge on any atom is -0.389 e. The molecule has 14 heavy (non-hydrogen) atoms. The van der Waals surface area contributed by atoms with Crippen LogP contribution in [-0.2, 0) is 0 Å². The fourth-order valence-corrected chi connectivity index (χ4v) is 1.27. The number of hydrogen-bond acceptors (Lipinski definition) is 4. The van der Waals surface area contributed by atoms with Gasteiger partial charge in [0.25, 0.3) is 0 Å². The summed E-state index contributed by atoms with van der Waals surface area (Å²) in [4.78, 5) is 1.94. The predicted octanol–water partition coefficient (Wildman–Crippen LogP) is 0.698. The molecule has 0 amide bonds. The monoisotopic (exact) mass is 212 g/mol. The average Bonchev–Trinajstić information content (AvgIpc) is 2.14. The van der Waals surface area contributed by atoms with E-state index in [1.54, 1.807) is 0 Å². The highest BCUT2D eigenvalue weighted by atomic mass is 32.1. The molecule has 0 radical (unpaired) electrons. The summed E-state index contributed by atoms with van der Waals surface area (Å²) in [6.07, 6.45) is 0.963. The molecule has 0 aliphatic rings. The fraction of sp³-hybridized carbons (Fsp3) is 0.556. The van der Waals surface area contributed by atoms with Gasteiger partial charge in [-0.15, -0.1) is 0 Å². The van der Waals surface area contributed by atoms with Crippen molar-refractivity contribution in [1.29, 1.82) is 5.26 Å². The summed E-state index contributed by atoms with van der Waals surface area (Å²) in [5.74, 6) is 0.379. The van der Waals surface area contributed by atoms with Crippen LogP contribution in [0.4, 0.5) is 0 Å². The maximum Gasteiger partial charge on any atom is 0.126 e. The number of thiocarbonyl (C=S) groups is 1. The minimum absolute atomic E-state index is 0.0551. The van der Waals surface area contributed by atoms with Gasteiger partial charge in [0, 0.05) is 13.1 Å². The van der Waals surface area contributed by atoms with Crippen molar-refractivity contribution in [3.63, 3.8) is 0 Å². The van der Waals surface area contributed by atoms with Gasteiger partial charge in [0.2, 0.25) is 0 Å². The zero-order chi connectivity index (χ0) is 11.1. The molecule has 0 saturated heterocycles. The number of nitriles is 1. The van der Waals surface area contributed by atoms with E-state index in [2.05, 4.69) is 0 Å². The van der Waals surface area contributed by atoms with E-state index in [9.17, 15) is 0 Å². The maximum absolute atomic E-state index is 8.80. The number of nitrogens with zero attached hydrogens (tertiary/aromatic N) is 2. The molecule has 5 heteroatoms. The summed E-state index contributed by atoms with van der Waals surface area (Å²) in [5.41, 5.74) is 11.4. The molecule has 0 rings (SSSR count). The normalized spacial score (nSPS) is 11.5. The van der Waals surface area contributed by atoms with Gasteiger partial charge in [0.15, 0.2) is 0 Å². The Bertz CT molecular complexity index is 277. The fourth-order valence-electron chi connectivity index (χ4n) is 1.12. The van der Waals surface area contributed by atoms with E-state index < -0.39 is 0 Å². The van der Waals surface area contributed by atoms with Gasteiger partial charge in [-0.1, -0.05) is 19.1 Å². The van der Waals surface area contributed by atoms with Crippen LogP contribution in [0, 0.1) is 11.3 Å². The summed E-state index contributed by atoms with van der Waals surface area (Å²) in [6.45, 7) is 5.56. The van der Waals surface area contributed by atoms with Gasteiger partial charge in [-0.25, -0.2) is 0 Å². The SMILES string of the molecule is CCCN(CC)/C(N)=C(\C#N)C(N)=S. The molecule has 0 aromatic heterocycles. The Morgan fingerprint density at radius 1 is 1.43 bits per heavy atom. The molecule has 0 spiro atoms. The molecule has 0 saturated carbocycles. The van der Waals surface area contributed by atoms with Gasteiger partial charge in [0.1, 0.15) is 22.5 Å². The van der Waals surface area contributed by atoms with Crippen molar-refractivity contribution < 1.29 is 0 Å². The van der Waals surface area contributed by atoms with Crippen LogP contribution >= 0.6 is 12.2 Å². The van der Waals surface area contributed by atoms with Crippen molar-refractivity contribution in [2.45, 2.75) is 20.3 Å². The van der Waals surface area contributed by atoms with E-state index in [0.29, 0.717) is 5.82 Å². The largest absolute Gasteiger partial charge is 0.389 e. The predicted molar refractivity (Wildman–Crippen MR) is 61.1 cm³/mol. The van der Waals surface area contributed by atoms with E-state index >= 15 is 0 Å². The van der Waals surface area contributed by atoms with Crippen molar-refractivity contribution in [2.24, 2.45) is 11.5 Å². The van der Waals surface area contributed by atoms with Crippen molar-refractivity contribution >= 4 is 17.2 Å². The molecule has 4 nitrogen and oxygen atoms in total. The van der Waals surface area contributed by atoms with E-state index in [1.165, 1.54) is 0 Å². The summed E-state index contributed by atoms with van der Waals surface area (Å²) < 4.78 is 0. The Hall–Kier alpha value is -1.28. The number of rotatable bonds is 5. The van der Waals surface area contributed by atoms with Crippen LogP contribution in [0.25, 0.3) is 0 Å². The lowest BCUT2D eigenvalue weighted by Gasteiger charge is -2.23. The molecule has 0 fully saturated rings. The summed E-state index contributed by atoms with van der Waals surface area (Å²) in [5, 5.41) is 8.80. The Labute approximate surface area is 90.2 Å². The third kappa shape index (κ3) is 3.23. The molecule has 0 unspecified atom stereocenters. The smallest absolute Gasteiger partial charge is 0.126 e. The molecule has 0 aromatic carbocycles. The summed E-state index contributed by atoms with van der Waals surface area (Å²) in [6, 6.07) is 1.92. The third-order valence-corrected chi connectivity index (χ3v) is 2.03. The molecule has 0 atom stereocenters. The molecule has 0 aliphatic carbocycles.